The van der Waals surface area contributed by atoms with Crippen molar-refractivity contribution in [3.8, 4) is 17.2 Å². The van der Waals surface area contributed by atoms with Gasteiger partial charge in [0, 0.05) is 24.1 Å². The number of pyridine rings is 1. The number of anilines is 2. The number of methoxy groups -OCH3 is 2. The fourth-order valence-corrected chi connectivity index (χ4v) is 2.64. The number of benzene rings is 2. The second-order valence-corrected chi connectivity index (χ2v) is 5.79. The van der Waals surface area contributed by atoms with Gasteiger partial charge >= 0.3 is 5.97 Å². The minimum atomic E-state index is -0.411. The lowest BCUT2D eigenvalue weighted by atomic mass is 10.1. The summed E-state index contributed by atoms with van der Waals surface area (Å²) in [6, 6.07) is 13.1. The molecule has 26 heavy (non-hydrogen) atoms. The number of rotatable bonds is 5. The van der Waals surface area contributed by atoms with Crippen LogP contribution in [0.4, 0.5) is 11.5 Å². The first-order valence-electron chi connectivity index (χ1n) is 8.09. The Hall–Kier alpha value is -3.28. The lowest BCUT2D eigenvalue weighted by molar-refractivity contribution is -0.132. The quantitative estimate of drug-likeness (QED) is 0.547. The Labute approximate surface area is 151 Å². The molecule has 0 radical (unpaired) electrons. The maximum Gasteiger partial charge on any atom is 0.308 e. The van der Waals surface area contributed by atoms with Gasteiger partial charge in [0.05, 0.1) is 19.7 Å². The van der Waals surface area contributed by atoms with Crippen molar-refractivity contribution < 1.29 is 19.0 Å². The highest BCUT2D eigenvalue weighted by atomic mass is 16.6. The average Bonchev–Trinajstić information content (AvgIpc) is 2.62. The Kier molecular flexibility index (Phi) is 4.93. The molecule has 1 aromatic heterocycles. The van der Waals surface area contributed by atoms with Gasteiger partial charge in [-0.2, -0.15) is 0 Å². The summed E-state index contributed by atoms with van der Waals surface area (Å²) in [7, 11) is 3.17. The van der Waals surface area contributed by atoms with Crippen LogP contribution < -0.4 is 19.5 Å². The molecule has 1 heterocycles. The molecule has 0 unspecified atom stereocenters. The van der Waals surface area contributed by atoms with Crippen molar-refractivity contribution >= 4 is 28.4 Å². The summed E-state index contributed by atoms with van der Waals surface area (Å²) in [5, 5.41) is 4.18. The third-order valence-electron chi connectivity index (χ3n) is 3.92. The van der Waals surface area contributed by atoms with E-state index in [2.05, 4.69) is 10.3 Å². The topological polar surface area (TPSA) is 69.7 Å². The van der Waals surface area contributed by atoms with E-state index in [4.69, 9.17) is 14.2 Å². The fourth-order valence-electron chi connectivity index (χ4n) is 2.64. The van der Waals surface area contributed by atoms with Crippen molar-refractivity contribution in [1.82, 2.24) is 4.98 Å². The van der Waals surface area contributed by atoms with E-state index in [0.29, 0.717) is 22.8 Å². The van der Waals surface area contributed by atoms with Crippen LogP contribution in [0.3, 0.4) is 0 Å². The second-order valence-electron chi connectivity index (χ2n) is 5.79. The molecule has 3 rings (SSSR count). The number of nitrogens with zero attached hydrogens (tertiary/aromatic N) is 1. The maximum absolute atomic E-state index is 11.3. The van der Waals surface area contributed by atoms with Crippen LogP contribution in [-0.4, -0.2) is 25.2 Å². The van der Waals surface area contributed by atoms with Crippen LogP contribution in [0.15, 0.2) is 42.5 Å². The van der Waals surface area contributed by atoms with Gasteiger partial charge in [-0.05, 0) is 48.9 Å². The first-order valence-corrected chi connectivity index (χ1v) is 8.09. The lowest BCUT2D eigenvalue weighted by Crippen LogP contribution is -2.03. The van der Waals surface area contributed by atoms with Gasteiger partial charge in [0.25, 0.3) is 0 Å². The van der Waals surface area contributed by atoms with Gasteiger partial charge in [-0.1, -0.05) is 0 Å². The van der Waals surface area contributed by atoms with Crippen LogP contribution in [0, 0.1) is 6.92 Å². The maximum atomic E-state index is 11.3. The third kappa shape index (κ3) is 3.69. The van der Waals surface area contributed by atoms with Gasteiger partial charge in [-0.3, -0.25) is 4.79 Å². The van der Waals surface area contributed by atoms with Gasteiger partial charge in [0.2, 0.25) is 0 Å². The zero-order valence-electron chi connectivity index (χ0n) is 15.1. The van der Waals surface area contributed by atoms with E-state index in [1.807, 2.05) is 37.3 Å². The molecule has 0 spiro atoms. The molecule has 1 N–H and O–H groups in total. The lowest BCUT2D eigenvalue weighted by Gasteiger charge is -2.12. The minimum absolute atomic E-state index is 0.345. The molecule has 0 saturated heterocycles. The third-order valence-corrected chi connectivity index (χ3v) is 3.92. The Balaban J connectivity index is 1.96. The molecule has 0 aliphatic rings. The number of fused-ring (bicyclic) bond motifs is 1. The van der Waals surface area contributed by atoms with E-state index < -0.39 is 5.97 Å². The number of carbonyl (C=O) groups excluding carboxylic acids is 1. The fraction of sp³-hybridized carbons (Fsp3) is 0.200. The number of aromatic nitrogens is 1. The second kappa shape index (κ2) is 7.31. The van der Waals surface area contributed by atoms with Crippen LogP contribution >= 0.6 is 0 Å². The molecule has 0 fully saturated rings. The minimum Gasteiger partial charge on any atom is -0.497 e. The van der Waals surface area contributed by atoms with Crippen molar-refractivity contribution in [3.05, 3.63) is 48.0 Å². The molecule has 0 saturated carbocycles. The van der Waals surface area contributed by atoms with Gasteiger partial charge in [-0.25, -0.2) is 4.98 Å². The Bertz CT molecular complexity index is 969. The summed E-state index contributed by atoms with van der Waals surface area (Å²) >= 11 is 0. The number of carbonyl (C=O) groups is 1. The number of hydrogen-bond donors (Lipinski definition) is 1. The zero-order valence-corrected chi connectivity index (χ0v) is 15.1. The van der Waals surface area contributed by atoms with Crippen molar-refractivity contribution in [3.63, 3.8) is 0 Å². The van der Waals surface area contributed by atoms with E-state index in [-0.39, 0.29) is 0 Å². The molecular weight excluding hydrogens is 332 g/mol. The Morgan fingerprint density at radius 1 is 1.00 bits per heavy atom. The first kappa shape index (κ1) is 17.5. The van der Waals surface area contributed by atoms with Crippen LogP contribution in [-0.2, 0) is 4.79 Å². The van der Waals surface area contributed by atoms with Crippen LogP contribution in [0.5, 0.6) is 17.2 Å². The molecule has 0 amide bonds. The molecule has 6 heteroatoms. The largest absolute Gasteiger partial charge is 0.497 e. The highest BCUT2D eigenvalue weighted by Gasteiger charge is 2.11. The molecule has 0 aliphatic heterocycles. The monoisotopic (exact) mass is 352 g/mol. The molecule has 2 aromatic carbocycles. The van der Waals surface area contributed by atoms with Gasteiger partial charge in [0.15, 0.2) is 11.5 Å². The average molecular weight is 352 g/mol. The molecular formula is C20H20N2O4. The number of esters is 1. The molecule has 3 aromatic rings. The predicted molar refractivity (Wildman–Crippen MR) is 101 cm³/mol. The number of nitrogens with one attached hydrogen (secondary N) is 1. The summed E-state index contributed by atoms with van der Waals surface area (Å²) in [6.07, 6.45) is 0. The number of aryl methyl sites for hydroxylation is 1. The molecule has 0 bridgehead atoms. The van der Waals surface area contributed by atoms with E-state index in [1.165, 1.54) is 14.0 Å². The van der Waals surface area contributed by atoms with E-state index >= 15 is 0 Å². The standard InChI is InChI=1S/C20H20N2O4/c1-12-9-15(24-3)6-7-16(12)21-20-8-5-14-10-18(25-4)19(26-13(2)23)11-17(14)22-20/h5-11H,1-4H3,(H,21,22). The Morgan fingerprint density at radius 3 is 2.46 bits per heavy atom. The van der Waals surface area contributed by atoms with E-state index in [0.717, 1.165) is 22.4 Å². The van der Waals surface area contributed by atoms with E-state index in [1.54, 1.807) is 19.2 Å². The van der Waals surface area contributed by atoms with Gasteiger partial charge in [0.1, 0.15) is 11.6 Å². The number of ether oxygens (including phenoxy) is 3. The molecule has 134 valence electrons. The summed E-state index contributed by atoms with van der Waals surface area (Å²) in [6.45, 7) is 3.34. The summed E-state index contributed by atoms with van der Waals surface area (Å²) in [5.41, 5.74) is 2.67. The normalized spacial score (nSPS) is 10.5. The van der Waals surface area contributed by atoms with Crippen molar-refractivity contribution in [2.24, 2.45) is 0 Å². The molecule has 0 aliphatic carbocycles. The summed E-state index contributed by atoms with van der Waals surface area (Å²) in [5.74, 6) is 1.91. The summed E-state index contributed by atoms with van der Waals surface area (Å²) in [4.78, 5) is 15.9. The first-order chi connectivity index (χ1) is 12.5. The molecule has 6 nitrogen and oxygen atoms in total. The zero-order chi connectivity index (χ0) is 18.7. The van der Waals surface area contributed by atoms with Gasteiger partial charge < -0.3 is 19.5 Å². The van der Waals surface area contributed by atoms with Gasteiger partial charge in [-0.15, -0.1) is 0 Å². The van der Waals surface area contributed by atoms with Crippen molar-refractivity contribution in [1.29, 1.82) is 0 Å². The van der Waals surface area contributed by atoms with E-state index in [9.17, 15) is 4.79 Å². The van der Waals surface area contributed by atoms with Crippen molar-refractivity contribution in [2.45, 2.75) is 13.8 Å². The van der Waals surface area contributed by atoms with Crippen LogP contribution in [0.2, 0.25) is 0 Å². The molecule has 0 atom stereocenters. The predicted octanol–water partition coefficient (Wildman–Crippen LogP) is 4.23. The SMILES string of the molecule is COc1ccc(Nc2ccc3cc(OC)c(OC(C)=O)cc3n2)c(C)c1. The van der Waals surface area contributed by atoms with Crippen LogP contribution in [0.1, 0.15) is 12.5 Å². The highest BCUT2D eigenvalue weighted by Crippen LogP contribution is 2.33. The van der Waals surface area contributed by atoms with Crippen LogP contribution in [0.25, 0.3) is 10.9 Å². The highest BCUT2D eigenvalue weighted by molar-refractivity contribution is 5.85. The van der Waals surface area contributed by atoms with Crippen molar-refractivity contribution in [2.75, 3.05) is 19.5 Å². The number of hydrogen-bond acceptors (Lipinski definition) is 6. The smallest absolute Gasteiger partial charge is 0.308 e. The Morgan fingerprint density at radius 2 is 1.81 bits per heavy atom. The summed E-state index contributed by atoms with van der Waals surface area (Å²) < 4.78 is 15.7.